The van der Waals surface area contributed by atoms with Crippen LogP contribution in [-0.4, -0.2) is 39.0 Å². The molecule has 21 heavy (non-hydrogen) atoms. The molecule has 4 nitrogen and oxygen atoms in total. The number of piperidine rings is 1. The Bertz CT molecular complexity index is 589. The fourth-order valence-corrected chi connectivity index (χ4v) is 5.00. The van der Waals surface area contributed by atoms with Crippen LogP contribution in [0.15, 0.2) is 33.6 Å². The molecule has 2 heterocycles. The minimum absolute atomic E-state index is 0.335. The first-order valence-electron chi connectivity index (χ1n) is 7.43. The van der Waals surface area contributed by atoms with E-state index in [1.807, 2.05) is 0 Å². The Kier molecular flexibility index (Phi) is 4.41. The maximum atomic E-state index is 12.3. The summed E-state index contributed by atoms with van der Waals surface area (Å²) in [4.78, 5) is 2.81. The molecular weight excluding hydrogens is 352 g/mol. The quantitative estimate of drug-likeness (QED) is 0.883. The molecule has 2 saturated heterocycles. The lowest BCUT2D eigenvalue weighted by Gasteiger charge is -2.36. The van der Waals surface area contributed by atoms with Crippen LogP contribution in [0.25, 0.3) is 0 Å². The van der Waals surface area contributed by atoms with Gasteiger partial charge in [-0.1, -0.05) is 15.9 Å². The summed E-state index contributed by atoms with van der Waals surface area (Å²) in [6.45, 7) is 0.555. The average Bonchev–Trinajstić information content (AvgIpc) is 2.68. The van der Waals surface area contributed by atoms with Gasteiger partial charge in [-0.2, -0.15) is 0 Å². The highest BCUT2D eigenvalue weighted by Crippen LogP contribution is 2.37. The normalized spacial score (nSPS) is 29.7. The maximum Gasteiger partial charge on any atom is 0.240 e. The third-order valence-electron chi connectivity index (χ3n) is 4.88. The topological polar surface area (TPSA) is 49.4 Å². The molecule has 2 fully saturated rings. The second-order valence-electron chi connectivity index (χ2n) is 6.19. The summed E-state index contributed by atoms with van der Waals surface area (Å²) in [5.74, 6) is 0.462. The molecule has 2 bridgehead atoms. The zero-order valence-electron chi connectivity index (χ0n) is 12.1. The number of halogens is 1. The van der Waals surface area contributed by atoms with Crippen LogP contribution in [0.3, 0.4) is 0 Å². The van der Waals surface area contributed by atoms with Crippen LogP contribution in [-0.2, 0) is 10.0 Å². The Labute approximate surface area is 135 Å². The van der Waals surface area contributed by atoms with Crippen LogP contribution in [0.2, 0.25) is 0 Å². The van der Waals surface area contributed by atoms with E-state index in [1.54, 1.807) is 24.3 Å². The van der Waals surface area contributed by atoms with Gasteiger partial charge in [0, 0.05) is 23.1 Å². The van der Waals surface area contributed by atoms with Crippen LogP contribution in [0.4, 0.5) is 0 Å². The van der Waals surface area contributed by atoms with E-state index in [2.05, 4.69) is 32.6 Å². The Balaban J connectivity index is 1.61. The first kappa shape index (κ1) is 15.5. The molecule has 0 spiro atoms. The van der Waals surface area contributed by atoms with Gasteiger partial charge in [0.05, 0.1) is 4.90 Å². The van der Waals surface area contributed by atoms with Crippen LogP contribution in [0.5, 0.6) is 0 Å². The molecule has 3 rings (SSSR count). The lowest BCUT2D eigenvalue weighted by Crippen LogP contribution is -2.43. The maximum absolute atomic E-state index is 12.3. The number of fused-ring (bicyclic) bond motifs is 2. The van der Waals surface area contributed by atoms with Crippen LogP contribution >= 0.6 is 15.9 Å². The molecule has 0 radical (unpaired) electrons. The fourth-order valence-electron chi connectivity index (χ4n) is 3.62. The summed E-state index contributed by atoms with van der Waals surface area (Å²) in [5, 5.41) is 0. The molecule has 0 saturated carbocycles. The smallest absolute Gasteiger partial charge is 0.240 e. The van der Waals surface area contributed by atoms with Crippen molar-refractivity contribution >= 4 is 26.0 Å². The molecule has 2 aliphatic heterocycles. The second-order valence-corrected chi connectivity index (χ2v) is 8.88. The molecular formula is C15H21BrN2O2S. The number of benzene rings is 1. The molecule has 1 aromatic carbocycles. The number of hydrogen-bond acceptors (Lipinski definition) is 3. The predicted octanol–water partition coefficient (Wildman–Crippen LogP) is 2.60. The highest BCUT2D eigenvalue weighted by Gasteiger charge is 2.38. The molecule has 0 amide bonds. The van der Waals surface area contributed by atoms with Crippen LogP contribution < -0.4 is 4.72 Å². The Morgan fingerprint density at radius 3 is 2.33 bits per heavy atom. The van der Waals surface area contributed by atoms with E-state index in [0.29, 0.717) is 29.4 Å². The van der Waals surface area contributed by atoms with Gasteiger partial charge in [0.1, 0.15) is 0 Å². The van der Waals surface area contributed by atoms with Crippen molar-refractivity contribution in [1.82, 2.24) is 9.62 Å². The van der Waals surface area contributed by atoms with Crippen molar-refractivity contribution in [2.75, 3.05) is 13.6 Å². The summed E-state index contributed by atoms with van der Waals surface area (Å²) in [7, 11) is -1.19. The number of hydrogen-bond donors (Lipinski definition) is 1. The fraction of sp³-hybridized carbons (Fsp3) is 0.600. The molecule has 116 valence electrons. The monoisotopic (exact) mass is 372 g/mol. The van der Waals surface area contributed by atoms with Crippen molar-refractivity contribution in [2.45, 2.75) is 42.7 Å². The van der Waals surface area contributed by atoms with Gasteiger partial charge in [-0.25, -0.2) is 13.1 Å². The number of nitrogens with one attached hydrogen (secondary N) is 1. The van der Waals surface area contributed by atoms with E-state index in [9.17, 15) is 8.42 Å². The van der Waals surface area contributed by atoms with Gasteiger partial charge in [-0.3, -0.25) is 0 Å². The Morgan fingerprint density at radius 1 is 1.19 bits per heavy atom. The van der Waals surface area contributed by atoms with Crippen molar-refractivity contribution in [1.29, 1.82) is 0 Å². The van der Waals surface area contributed by atoms with Gasteiger partial charge >= 0.3 is 0 Å². The first-order chi connectivity index (χ1) is 9.95. The van der Waals surface area contributed by atoms with Crippen molar-refractivity contribution in [3.05, 3.63) is 28.7 Å². The van der Waals surface area contributed by atoms with E-state index in [1.165, 1.54) is 12.8 Å². The second kappa shape index (κ2) is 5.99. The molecule has 6 heteroatoms. The Hall–Kier alpha value is -0.430. The molecule has 1 N–H and O–H groups in total. The molecule has 0 aromatic heterocycles. The molecule has 0 aliphatic carbocycles. The van der Waals surface area contributed by atoms with Crippen molar-refractivity contribution in [2.24, 2.45) is 5.92 Å². The molecule has 2 aliphatic rings. The SMILES string of the molecule is CN1C2CCC1CC(CNS(=O)(=O)c1ccc(Br)cc1)C2. The number of rotatable bonds is 4. The van der Waals surface area contributed by atoms with E-state index in [0.717, 1.165) is 17.3 Å². The lowest BCUT2D eigenvalue weighted by atomic mass is 9.91. The highest BCUT2D eigenvalue weighted by atomic mass is 79.9. The van der Waals surface area contributed by atoms with Crippen LogP contribution in [0, 0.1) is 5.92 Å². The van der Waals surface area contributed by atoms with E-state index in [4.69, 9.17) is 0 Å². The zero-order chi connectivity index (χ0) is 15.0. The van der Waals surface area contributed by atoms with Gasteiger partial charge in [0.2, 0.25) is 10.0 Å². The van der Waals surface area contributed by atoms with Gasteiger partial charge in [0.25, 0.3) is 0 Å². The third kappa shape index (κ3) is 3.33. The van der Waals surface area contributed by atoms with Gasteiger partial charge in [-0.05, 0) is 62.9 Å². The average molecular weight is 373 g/mol. The van der Waals surface area contributed by atoms with Crippen LogP contribution in [0.1, 0.15) is 25.7 Å². The van der Waals surface area contributed by atoms with E-state index in [-0.39, 0.29) is 0 Å². The number of sulfonamides is 1. The summed E-state index contributed by atoms with van der Waals surface area (Å²) in [6, 6.07) is 8.06. The predicted molar refractivity (Wildman–Crippen MR) is 86.6 cm³/mol. The highest BCUT2D eigenvalue weighted by molar-refractivity contribution is 9.10. The van der Waals surface area contributed by atoms with Gasteiger partial charge < -0.3 is 4.90 Å². The standard InChI is InChI=1S/C15H21BrN2O2S/c1-18-13-4-5-14(18)9-11(8-13)10-17-21(19,20)15-6-2-12(16)3-7-15/h2-3,6-7,11,13-14,17H,4-5,8-10H2,1H3. The molecule has 2 atom stereocenters. The lowest BCUT2D eigenvalue weighted by molar-refractivity contribution is 0.135. The number of nitrogens with zero attached hydrogens (tertiary/aromatic N) is 1. The minimum atomic E-state index is -3.39. The third-order valence-corrected chi connectivity index (χ3v) is 6.85. The van der Waals surface area contributed by atoms with E-state index < -0.39 is 10.0 Å². The summed E-state index contributed by atoms with van der Waals surface area (Å²) in [6.07, 6.45) is 4.74. The van der Waals surface area contributed by atoms with E-state index >= 15 is 0 Å². The van der Waals surface area contributed by atoms with Crippen molar-refractivity contribution in [3.8, 4) is 0 Å². The first-order valence-corrected chi connectivity index (χ1v) is 9.70. The van der Waals surface area contributed by atoms with Crippen molar-refractivity contribution < 1.29 is 8.42 Å². The summed E-state index contributed by atoms with van der Waals surface area (Å²) in [5.41, 5.74) is 0. The van der Waals surface area contributed by atoms with Gasteiger partial charge in [-0.15, -0.1) is 0 Å². The largest absolute Gasteiger partial charge is 0.300 e. The molecule has 1 aromatic rings. The zero-order valence-corrected chi connectivity index (χ0v) is 14.5. The minimum Gasteiger partial charge on any atom is -0.300 e. The Morgan fingerprint density at radius 2 is 1.76 bits per heavy atom. The van der Waals surface area contributed by atoms with Crippen molar-refractivity contribution in [3.63, 3.8) is 0 Å². The summed E-state index contributed by atoms with van der Waals surface area (Å²) >= 11 is 3.32. The van der Waals surface area contributed by atoms with Gasteiger partial charge in [0.15, 0.2) is 0 Å². The molecule has 2 unspecified atom stereocenters. The summed E-state index contributed by atoms with van der Waals surface area (Å²) < 4.78 is 28.3.